The highest BCUT2D eigenvalue weighted by molar-refractivity contribution is 5.41. The molecule has 1 aromatic rings. The topological polar surface area (TPSA) is 34.2 Å². The zero-order valence-corrected chi connectivity index (χ0v) is 9.34. The molecule has 1 atom stereocenters. The van der Waals surface area contributed by atoms with E-state index in [0.717, 1.165) is 24.8 Å². The van der Waals surface area contributed by atoms with Crippen LogP contribution in [0.3, 0.4) is 0 Å². The van der Waals surface area contributed by atoms with Gasteiger partial charge in [0.15, 0.2) is 0 Å². The van der Waals surface area contributed by atoms with Gasteiger partial charge in [-0.1, -0.05) is 0 Å². The van der Waals surface area contributed by atoms with E-state index in [-0.39, 0.29) is 11.4 Å². The second-order valence-electron chi connectivity index (χ2n) is 4.42. The lowest BCUT2D eigenvalue weighted by atomic mass is 10.0. The van der Waals surface area contributed by atoms with E-state index < -0.39 is 11.7 Å². The maximum Gasteiger partial charge on any atom is 0.416 e. The molecule has 1 unspecified atom stereocenters. The van der Waals surface area contributed by atoms with Crippen LogP contribution in [0, 0.1) is 0 Å². The van der Waals surface area contributed by atoms with Crippen molar-refractivity contribution in [3.8, 4) is 0 Å². The maximum absolute atomic E-state index is 12.5. The smallest absolute Gasteiger partial charge is 0.379 e. The van der Waals surface area contributed by atoms with E-state index in [1.165, 1.54) is 0 Å². The van der Waals surface area contributed by atoms with Crippen LogP contribution >= 0.6 is 0 Å². The zero-order chi connectivity index (χ0) is 12.5. The summed E-state index contributed by atoms with van der Waals surface area (Å²) in [5.74, 6) is 0.229. The van der Waals surface area contributed by atoms with E-state index in [1.54, 1.807) is 0 Å². The molecule has 2 rings (SSSR count). The normalized spacial score (nSPS) is 24.9. The van der Waals surface area contributed by atoms with Gasteiger partial charge in [0.1, 0.15) is 5.82 Å². The monoisotopic (exact) mass is 246 g/mol. The highest BCUT2D eigenvalue weighted by Crippen LogP contribution is 2.31. The van der Waals surface area contributed by atoms with Crippen molar-refractivity contribution < 1.29 is 17.9 Å². The molecule has 1 N–H and O–H groups in total. The van der Waals surface area contributed by atoms with Crippen LogP contribution in [0.15, 0.2) is 18.3 Å². The third-order valence-electron chi connectivity index (χ3n) is 2.74. The van der Waals surface area contributed by atoms with Crippen LogP contribution in [-0.2, 0) is 10.9 Å². The van der Waals surface area contributed by atoms with Crippen LogP contribution in [-0.4, -0.2) is 23.7 Å². The largest absolute Gasteiger partial charge is 0.416 e. The summed E-state index contributed by atoms with van der Waals surface area (Å²) < 4.78 is 42.7. The van der Waals surface area contributed by atoms with Crippen LogP contribution in [0.25, 0.3) is 0 Å². The lowest BCUT2D eigenvalue weighted by Gasteiger charge is -2.24. The van der Waals surface area contributed by atoms with Crippen LogP contribution in [0.4, 0.5) is 19.0 Å². The SMILES string of the molecule is CC1(Nc2cc(C(F)(F)F)ccn2)CCOC1. The van der Waals surface area contributed by atoms with E-state index in [4.69, 9.17) is 4.74 Å². The number of alkyl halides is 3. The van der Waals surface area contributed by atoms with E-state index in [0.29, 0.717) is 13.2 Å². The first-order chi connectivity index (χ1) is 7.89. The number of rotatable bonds is 2. The molecule has 6 heteroatoms. The molecule has 0 spiro atoms. The zero-order valence-electron chi connectivity index (χ0n) is 9.34. The van der Waals surface area contributed by atoms with Crippen molar-refractivity contribution in [2.45, 2.75) is 25.1 Å². The van der Waals surface area contributed by atoms with E-state index in [9.17, 15) is 13.2 Å². The van der Waals surface area contributed by atoms with Gasteiger partial charge in [-0.15, -0.1) is 0 Å². The lowest BCUT2D eigenvalue weighted by Crippen LogP contribution is -2.35. The number of aromatic nitrogens is 1. The molecule has 1 aliphatic rings. The molecule has 0 bridgehead atoms. The lowest BCUT2D eigenvalue weighted by molar-refractivity contribution is -0.137. The Balaban J connectivity index is 2.17. The first kappa shape index (κ1) is 12.2. The molecule has 1 aliphatic heterocycles. The number of hydrogen-bond acceptors (Lipinski definition) is 3. The number of ether oxygens (including phenoxy) is 1. The fourth-order valence-corrected chi connectivity index (χ4v) is 1.75. The molecule has 94 valence electrons. The number of pyridine rings is 1. The molecule has 2 heterocycles. The molecule has 1 saturated heterocycles. The Bertz CT molecular complexity index is 400. The summed E-state index contributed by atoms with van der Waals surface area (Å²) in [6.45, 7) is 3.00. The van der Waals surface area contributed by atoms with Crippen LogP contribution in [0.5, 0.6) is 0 Å². The summed E-state index contributed by atoms with van der Waals surface area (Å²) in [4.78, 5) is 3.89. The van der Waals surface area contributed by atoms with Crippen LogP contribution in [0.1, 0.15) is 18.9 Å². The van der Waals surface area contributed by atoms with Gasteiger partial charge in [0, 0.05) is 12.8 Å². The van der Waals surface area contributed by atoms with Gasteiger partial charge < -0.3 is 10.1 Å². The van der Waals surface area contributed by atoms with Crippen molar-refractivity contribution >= 4 is 5.82 Å². The first-order valence-electron chi connectivity index (χ1n) is 5.28. The molecule has 0 aliphatic carbocycles. The molecule has 0 amide bonds. The van der Waals surface area contributed by atoms with Gasteiger partial charge in [-0.05, 0) is 25.5 Å². The Morgan fingerprint density at radius 1 is 1.47 bits per heavy atom. The number of nitrogens with zero attached hydrogens (tertiary/aromatic N) is 1. The summed E-state index contributed by atoms with van der Waals surface area (Å²) in [5.41, 5.74) is -1.03. The van der Waals surface area contributed by atoms with Crippen molar-refractivity contribution in [3.05, 3.63) is 23.9 Å². The first-order valence-corrected chi connectivity index (χ1v) is 5.28. The Hall–Kier alpha value is -1.30. The average molecular weight is 246 g/mol. The number of anilines is 1. The Kier molecular flexibility index (Phi) is 2.99. The van der Waals surface area contributed by atoms with Gasteiger partial charge in [-0.25, -0.2) is 4.98 Å². The van der Waals surface area contributed by atoms with Gasteiger partial charge in [0.25, 0.3) is 0 Å². The summed E-state index contributed by atoms with van der Waals surface area (Å²) in [6, 6.07) is 1.97. The van der Waals surface area contributed by atoms with Gasteiger partial charge in [0.2, 0.25) is 0 Å². The summed E-state index contributed by atoms with van der Waals surface area (Å²) in [5, 5.41) is 2.99. The molecule has 0 radical (unpaired) electrons. The highest BCUT2D eigenvalue weighted by Gasteiger charge is 2.33. The van der Waals surface area contributed by atoms with Crippen molar-refractivity contribution in [1.82, 2.24) is 4.98 Å². The number of nitrogens with one attached hydrogen (secondary N) is 1. The van der Waals surface area contributed by atoms with Crippen molar-refractivity contribution in [2.24, 2.45) is 0 Å². The van der Waals surface area contributed by atoms with Crippen LogP contribution in [0.2, 0.25) is 0 Å². The minimum atomic E-state index is -4.34. The van der Waals surface area contributed by atoms with Crippen molar-refractivity contribution in [3.63, 3.8) is 0 Å². The predicted molar refractivity (Wildman–Crippen MR) is 56.7 cm³/mol. The van der Waals surface area contributed by atoms with Crippen molar-refractivity contribution in [1.29, 1.82) is 0 Å². The highest BCUT2D eigenvalue weighted by atomic mass is 19.4. The molecule has 1 fully saturated rings. The standard InChI is InChI=1S/C11H13F3N2O/c1-10(3-5-17-7-10)16-9-6-8(2-4-15-9)11(12,13)14/h2,4,6H,3,5,7H2,1H3,(H,15,16). The summed E-state index contributed by atoms with van der Waals surface area (Å²) in [7, 11) is 0. The van der Waals surface area contributed by atoms with Crippen LogP contribution < -0.4 is 5.32 Å². The minimum Gasteiger partial charge on any atom is -0.379 e. The molecule has 0 aromatic carbocycles. The second kappa shape index (κ2) is 4.18. The third-order valence-corrected chi connectivity index (χ3v) is 2.74. The Labute approximate surface area is 97.0 Å². The number of halogens is 3. The average Bonchev–Trinajstić information content (AvgIpc) is 2.64. The minimum absolute atomic E-state index is 0.229. The Morgan fingerprint density at radius 3 is 2.82 bits per heavy atom. The van der Waals surface area contributed by atoms with Gasteiger partial charge in [-0.2, -0.15) is 13.2 Å². The van der Waals surface area contributed by atoms with E-state index >= 15 is 0 Å². The van der Waals surface area contributed by atoms with E-state index in [2.05, 4.69) is 10.3 Å². The maximum atomic E-state index is 12.5. The third kappa shape index (κ3) is 2.88. The van der Waals surface area contributed by atoms with Gasteiger partial charge >= 0.3 is 6.18 Å². The van der Waals surface area contributed by atoms with E-state index in [1.807, 2.05) is 6.92 Å². The fraction of sp³-hybridized carbons (Fsp3) is 0.545. The molecule has 17 heavy (non-hydrogen) atoms. The molecular formula is C11H13F3N2O. The summed E-state index contributed by atoms with van der Waals surface area (Å²) in [6.07, 6.45) is -2.43. The predicted octanol–water partition coefficient (Wildman–Crippen LogP) is 2.69. The van der Waals surface area contributed by atoms with Gasteiger partial charge in [0.05, 0.1) is 17.7 Å². The molecule has 3 nitrogen and oxygen atoms in total. The second-order valence-corrected chi connectivity index (χ2v) is 4.42. The molecule has 1 aromatic heterocycles. The number of hydrogen-bond donors (Lipinski definition) is 1. The quantitative estimate of drug-likeness (QED) is 0.871. The molecular weight excluding hydrogens is 233 g/mol. The fourth-order valence-electron chi connectivity index (χ4n) is 1.75. The van der Waals surface area contributed by atoms with Crippen molar-refractivity contribution in [2.75, 3.05) is 18.5 Å². The van der Waals surface area contributed by atoms with Gasteiger partial charge in [-0.3, -0.25) is 0 Å². The Morgan fingerprint density at radius 2 is 2.24 bits per heavy atom. The molecule has 0 saturated carbocycles. The summed E-state index contributed by atoms with van der Waals surface area (Å²) >= 11 is 0.